The minimum Gasteiger partial charge on any atom is -0.497 e. The Hall–Kier alpha value is -3.31. The molecule has 2 aromatic heterocycles. The van der Waals surface area contributed by atoms with Gasteiger partial charge in [-0.1, -0.05) is 17.8 Å². The highest BCUT2D eigenvalue weighted by Gasteiger charge is 2.15. The van der Waals surface area contributed by atoms with Crippen molar-refractivity contribution in [2.45, 2.75) is 5.16 Å². The van der Waals surface area contributed by atoms with Crippen LogP contribution in [-0.4, -0.2) is 34.6 Å². The molecule has 11 heteroatoms. The third-order valence-corrected chi connectivity index (χ3v) is 5.36. The SMILES string of the molecule is COc1ccc(NC(=O)CSc2nc(N)c(NC(=O)c3cccs3)c(=O)[nH]2)cc1. The van der Waals surface area contributed by atoms with E-state index in [4.69, 9.17) is 10.5 Å². The Kier molecular flexibility index (Phi) is 6.52. The van der Waals surface area contributed by atoms with Crippen molar-refractivity contribution in [1.82, 2.24) is 9.97 Å². The van der Waals surface area contributed by atoms with Crippen LogP contribution in [0.15, 0.2) is 51.7 Å². The predicted molar refractivity (Wildman–Crippen MR) is 114 cm³/mol. The zero-order chi connectivity index (χ0) is 20.8. The minimum atomic E-state index is -0.597. The zero-order valence-electron chi connectivity index (χ0n) is 15.2. The summed E-state index contributed by atoms with van der Waals surface area (Å²) in [4.78, 5) is 43.4. The van der Waals surface area contributed by atoms with E-state index >= 15 is 0 Å². The van der Waals surface area contributed by atoms with Crippen molar-refractivity contribution in [2.24, 2.45) is 0 Å². The van der Waals surface area contributed by atoms with Crippen LogP contribution in [0.4, 0.5) is 17.2 Å². The van der Waals surface area contributed by atoms with Crippen LogP contribution in [0.2, 0.25) is 0 Å². The highest BCUT2D eigenvalue weighted by Crippen LogP contribution is 2.19. The van der Waals surface area contributed by atoms with E-state index in [0.717, 1.165) is 11.8 Å². The number of anilines is 3. The number of benzene rings is 1. The van der Waals surface area contributed by atoms with Crippen molar-refractivity contribution in [3.63, 3.8) is 0 Å². The predicted octanol–water partition coefficient (Wildman–Crippen LogP) is 2.41. The third-order valence-electron chi connectivity index (χ3n) is 3.62. The second kappa shape index (κ2) is 9.26. The number of H-pyrrole nitrogens is 1. The highest BCUT2D eigenvalue weighted by molar-refractivity contribution is 7.99. The van der Waals surface area contributed by atoms with E-state index in [1.807, 2.05) is 0 Å². The zero-order valence-corrected chi connectivity index (χ0v) is 16.9. The number of nitrogens with zero attached hydrogens (tertiary/aromatic N) is 1. The number of hydrogen-bond acceptors (Lipinski definition) is 8. The number of carbonyl (C=O) groups is 2. The summed E-state index contributed by atoms with van der Waals surface area (Å²) in [5.41, 5.74) is 5.70. The van der Waals surface area contributed by atoms with Crippen molar-refractivity contribution in [1.29, 1.82) is 0 Å². The van der Waals surface area contributed by atoms with Gasteiger partial charge < -0.3 is 21.1 Å². The Morgan fingerprint density at radius 1 is 1.24 bits per heavy atom. The van der Waals surface area contributed by atoms with Crippen LogP contribution in [0, 0.1) is 0 Å². The van der Waals surface area contributed by atoms with Gasteiger partial charge in [0.25, 0.3) is 11.5 Å². The van der Waals surface area contributed by atoms with Crippen LogP contribution in [0.3, 0.4) is 0 Å². The molecular formula is C18H17N5O4S2. The maximum Gasteiger partial charge on any atom is 0.277 e. The molecule has 0 fully saturated rings. The molecule has 1 aromatic carbocycles. The molecule has 0 spiro atoms. The summed E-state index contributed by atoms with van der Waals surface area (Å²) in [7, 11) is 1.56. The number of carbonyl (C=O) groups excluding carboxylic acids is 2. The number of ether oxygens (including phenoxy) is 1. The molecule has 2 amide bonds. The first-order valence-electron chi connectivity index (χ1n) is 8.27. The van der Waals surface area contributed by atoms with E-state index in [9.17, 15) is 14.4 Å². The molecule has 0 aliphatic heterocycles. The number of rotatable bonds is 7. The number of amides is 2. The number of aromatic nitrogens is 2. The summed E-state index contributed by atoms with van der Waals surface area (Å²) in [6.07, 6.45) is 0. The monoisotopic (exact) mass is 431 g/mol. The Labute approximate surface area is 173 Å². The summed E-state index contributed by atoms with van der Waals surface area (Å²) < 4.78 is 5.06. The summed E-state index contributed by atoms with van der Waals surface area (Å²) in [5, 5.41) is 7.10. The highest BCUT2D eigenvalue weighted by atomic mass is 32.2. The fourth-order valence-electron chi connectivity index (χ4n) is 2.25. The van der Waals surface area contributed by atoms with E-state index in [2.05, 4.69) is 20.6 Å². The van der Waals surface area contributed by atoms with Gasteiger partial charge in [-0.25, -0.2) is 4.98 Å². The van der Waals surface area contributed by atoms with Gasteiger partial charge in [-0.15, -0.1) is 11.3 Å². The molecule has 3 aromatic rings. The van der Waals surface area contributed by atoms with Crippen LogP contribution in [-0.2, 0) is 4.79 Å². The van der Waals surface area contributed by atoms with Gasteiger partial charge in [0, 0.05) is 5.69 Å². The first kappa shape index (κ1) is 20.4. The molecule has 0 radical (unpaired) electrons. The van der Waals surface area contributed by atoms with Gasteiger partial charge in [-0.2, -0.15) is 0 Å². The summed E-state index contributed by atoms with van der Waals surface area (Å²) in [6, 6.07) is 10.2. The lowest BCUT2D eigenvalue weighted by molar-refractivity contribution is -0.113. The maximum atomic E-state index is 12.2. The van der Waals surface area contributed by atoms with Gasteiger partial charge in [-0.05, 0) is 35.7 Å². The topological polar surface area (TPSA) is 139 Å². The average Bonchev–Trinajstić information content (AvgIpc) is 3.24. The van der Waals surface area contributed by atoms with Crippen LogP contribution >= 0.6 is 23.1 Å². The Morgan fingerprint density at radius 3 is 2.62 bits per heavy atom. The maximum absolute atomic E-state index is 12.2. The molecule has 0 aliphatic rings. The first-order valence-corrected chi connectivity index (χ1v) is 10.1. The number of hydrogen-bond donors (Lipinski definition) is 4. The smallest absolute Gasteiger partial charge is 0.277 e. The molecule has 0 bridgehead atoms. The Balaban J connectivity index is 1.60. The Morgan fingerprint density at radius 2 is 2.00 bits per heavy atom. The molecule has 2 heterocycles. The molecule has 150 valence electrons. The molecule has 5 N–H and O–H groups in total. The summed E-state index contributed by atoms with van der Waals surface area (Å²) >= 11 is 2.25. The van der Waals surface area contributed by atoms with Gasteiger partial charge >= 0.3 is 0 Å². The molecule has 0 saturated carbocycles. The second-order valence-corrected chi connectivity index (χ2v) is 7.54. The molecular weight excluding hydrogens is 414 g/mol. The number of nitrogens with two attached hydrogens (primary N) is 1. The fraction of sp³-hybridized carbons (Fsp3) is 0.111. The summed E-state index contributed by atoms with van der Waals surface area (Å²) in [5.74, 6) is -0.165. The van der Waals surface area contributed by atoms with Crippen LogP contribution in [0.25, 0.3) is 0 Å². The van der Waals surface area contributed by atoms with Gasteiger partial charge in [0.05, 0.1) is 17.7 Å². The van der Waals surface area contributed by atoms with Crippen LogP contribution in [0.5, 0.6) is 5.75 Å². The van der Waals surface area contributed by atoms with Crippen molar-refractivity contribution in [2.75, 3.05) is 29.2 Å². The largest absolute Gasteiger partial charge is 0.497 e. The molecule has 3 rings (SSSR count). The number of thioether (sulfide) groups is 1. The van der Waals surface area contributed by atoms with Crippen LogP contribution < -0.4 is 26.7 Å². The number of thiophene rings is 1. The molecule has 0 aliphatic carbocycles. The lowest BCUT2D eigenvalue weighted by atomic mass is 10.3. The van der Waals surface area contributed by atoms with Gasteiger partial charge in [-0.3, -0.25) is 19.4 Å². The molecule has 9 nitrogen and oxygen atoms in total. The van der Waals surface area contributed by atoms with Gasteiger partial charge in [0.1, 0.15) is 5.75 Å². The van der Waals surface area contributed by atoms with Crippen LogP contribution in [0.1, 0.15) is 9.67 Å². The Bertz CT molecular complexity index is 1060. The summed E-state index contributed by atoms with van der Waals surface area (Å²) in [6.45, 7) is 0. The fourth-order valence-corrected chi connectivity index (χ4v) is 3.53. The molecule has 0 saturated heterocycles. The van der Waals surface area contributed by atoms with Gasteiger partial charge in [0.15, 0.2) is 16.7 Å². The van der Waals surface area contributed by atoms with Crippen molar-refractivity contribution < 1.29 is 14.3 Å². The lowest BCUT2D eigenvalue weighted by Gasteiger charge is -2.08. The number of methoxy groups -OCH3 is 1. The van der Waals surface area contributed by atoms with Gasteiger partial charge in [0.2, 0.25) is 5.91 Å². The quantitative estimate of drug-likeness (QED) is 0.333. The number of aromatic amines is 1. The molecule has 0 unspecified atom stereocenters. The second-order valence-electron chi connectivity index (χ2n) is 5.63. The number of nitrogens with one attached hydrogen (secondary N) is 3. The van der Waals surface area contributed by atoms with Crippen molar-refractivity contribution in [3.8, 4) is 5.75 Å². The van der Waals surface area contributed by atoms with E-state index in [0.29, 0.717) is 16.3 Å². The third kappa shape index (κ3) is 5.36. The van der Waals surface area contributed by atoms with E-state index in [-0.39, 0.29) is 28.3 Å². The first-order chi connectivity index (χ1) is 14.0. The minimum absolute atomic E-state index is 0.00924. The standard InChI is InChI=1S/C18H17N5O4S2/c1-27-11-6-4-10(5-7-11)20-13(24)9-29-18-22-15(19)14(17(26)23-18)21-16(25)12-3-2-8-28-12/h2-8H,9H2,1H3,(H,20,24)(H,21,25)(H3,19,22,23,26). The van der Waals surface area contributed by atoms with Crippen molar-refractivity contribution >= 4 is 52.1 Å². The van der Waals surface area contributed by atoms with E-state index in [1.54, 1.807) is 48.9 Å². The molecule has 29 heavy (non-hydrogen) atoms. The lowest BCUT2D eigenvalue weighted by Crippen LogP contribution is -2.23. The normalized spacial score (nSPS) is 10.4. The number of nitrogen functional groups attached to an aromatic ring is 1. The van der Waals surface area contributed by atoms with E-state index < -0.39 is 11.5 Å². The van der Waals surface area contributed by atoms with Crippen molar-refractivity contribution in [3.05, 3.63) is 57.0 Å². The molecule has 0 atom stereocenters. The average molecular weight is 431 g/mol. The van der Waals surface area contributed by atoms with E-state index in [1.165, 1.54) is 11.3 Å².